The van der Waals surface area contributed by atoms with Crippen molar-refractivity contribution in [2.75, 3.05) is 10.6 Å². The third-order valence-electron chi connectivity index (χ3n) is 5.12. The van der Waals surface area contributed by atoms with Gasteiger partial charge in [-0.3, -0.25) is 4.79 Å². The van der Waals surface area contributed by atoms with Crippen molar-refractivity contribution in [2.24, 2.45) is 0 Å². The molecule has 154 valence electrons. The van der Waals surface area contributed by atoms with Crippen LogP contribution < -0.4 is 16.0 Å². The summed E-state index contributed by atoms with van der Waals surface area (Å²) in [5.41, 5.74) is 2.02. The lowest BCUT2D eigenvalue weighted by Gasteiger charge is -2.22. The molecule has 1 aliphatic rings. The molecule has 0 atom stereocenters. The minimum absolute atomic E-state index is 0.0582. The van der Waals surface area contributed by atoms with Crippen molar-refractivity contribution >= 4 is 29.0 Å². The molecule has 1 heterocycles. The molecule has 1 fully saturated rings. The lowest BCUT2D eigenvalue weighted by Crippen LogP contribution is -2.36. The van der Waals surface area contributed by atoms with E-state index in [1.807, 2.05) is 30.3 Å². The number of rotatable bonds is 6. The first-order valence-corrected chi connectivity index (χ1v) is 10.2. The summed E-state index contributed by atoms with van der Waals surface area (Å²) in [6.45, 7) is 0. The highest BCUT2D eigenvalue weighted by Crippen LogP contribution is 2.21. The Morgan fingerprint density at radius 2 is 1.60 bits per heavy atom. The highest BCUT2D eigenvalue weighted by Gasteiger charge is 2.16. The van der Waals surface area contributed by atoms with Crippen molar-refractivity contribution in [1.82, 2.24) is 15.3 Å². The van der Waals surface area contributed by atoms with Crippen LogP contribution in [0.25, 0.3) is 0 Å². The van der Waals surface area contributed by atoms with Crippen LogP contribution in [0.4, 0.5) is 27.5 Å². The smallest absolute Gasteiger partial charge is 0.251 e. The van der Waals surface area contributed by atoms with Gasteiger partial charge in [0.25, 0.3) is 5.91 Å². The van der Waals surface area contributed by atoms with Crippen LogP contribution >= 0.6 is 0 Å². The Morgan fingerprint density at radius 1 is 0.900 bits per heavy atom. The zero-order valence-electron chi connectivity index (χ0n) is 16.6. The number of para-hydroxylation sites is 1. The van der Waals surface area contributed by atoms with Gasteiger partial charge < -0.3 is 16.0 Å². The summed E-state index contributed by atoms with van der Waals surface area (Å²) < 4.78 is 14.2. The van der Waals surface area contributed by atoms with Gasteiger partial charge in [0, 0.05) is 23.0 Å². The van der Waals surface area contributed by atoms with E-state index in [1.54, 1.807) is 24.3 Å². The molecule has 1 aliphatic carbocycles. The first-order chi connectivity index (χ1) is 14.7. The Hall–Kier alpha value is -3.48. The van der Waals surface area contributed by atoms with Crippen LogP contribution in [0.15, 0.2) is 60.8 Å². The van der Waals surface area contributed by atoms with Crippen molar-refractivity contribution in [3.8, 4) is 0 Å². The number of hydrogen-bond acceptors (Lipinski definition) is 5. The minimum atomic E-state index is -0.562. The van der Waals surface area contributed by atoms with Crippen molar-refractivity contribution < 1.29 is 9.18 Å². The topological polar surface area (TPSA) is 78.9 Å². The van der Waals surface area contributed by atoms with Gasteiger partial charge in [0.1, 0.15) is 0 Å². The normalized spacial score (nSPS) is 14.2. The molecule has 7 heteroatoms. The van der Waals surface area contributed by atoms with Crippen LogP contribution in [0.2, 0.25) is 0 Å². The molecule has 6 nitrogen and oxygen atoms in total. The molecule has 0 unspecified atom stereocenters. The second-order valence-corrected chi connectivity index (χ2v) is 7.39. The van der Waals surface area contributed by atoms with Crippen LogP contribution in [-0.4, -0.2) is 21.9 Å². The van der Waals surface area contributed by atoms with Crippen LogP contribution in [0.5, 0.6) is 0 Å². The fourth-order valence-electron chi connectivity index (χ4n) is 3.52. The molecular weight excluding hydrogens is 381 g/mol. The predicted octanol–water partition coefficient (Wildman–Crippen LogP) is 5.17. The van der Waals surface area contributed by atoms with Gasteiger partial charge >= 0.3 is 0 Å². The number of carbonyl (C=O) groups excluding carboxylic acids is 1. The minimum Gasteiger partial charge on any atom is -0.349 e. The van der Waals surface area contributed by atoms with E-state index >= 15 is 0 Å². The highest BCUT2D eigenvalue weighted by molar-refractivity contribution is 5.94. The van der Waals surface area contributed by atoms with Crippen molar-refractivity contribution in [2.45, 2.75) is 38.1 Å². The summed E-state index contributed by atoms with van der Waals surface area (Å²) in [6.07, 6.45) is 6.77. The zero-order valence-corrected chi connectivity index (χ0v) is 16.6. The average molecular weight is 405 g/mol. The average Bonchev–Trinajstić information content (AvgIpc) is 2.78. The molecule has 0 saturated heterocycles. The number of anilines is 4. The summed E-state index contributed by atoms with van der Waals surface area (Å²) in [7, 11) is 0. The number of benzene rings is 2. The second-order valence-electron chi connectivity index (χ2n) is 7.39. The maximum atomic E-state index is 14.2. The van der Waals surface area contributed by atoms with Gasteiger partial charge in [-0.25, -0.2) is 9.37 Å². The van der Waals surface area contributed by atoms with Gasteiger partial charge in [-0.1, -0.05) is 37.5 Å². The van der Waals surface area contributed by atoms with Crippen LogP contribution in [0.3, 0.4) is 0 Å². The zero-order chi connectivity index (χ0) is 20.8. The number of nitrogens with one attached hydrogen (secondary N) is 3. The van der Waals surface area contributed by atoms with Gasteiger partial charge in [-0.2, -0.15) is 4.98 Å². The molecule has 30 heavy (non-hydrogen) atoms. The second kappa shape index (κ2) is 9.35. The monoisotopic (exact) mass is 405 g/mol. The SMILES string of the molecule is O=C(NC1CCCCC1)c1ccc(Nc2nc(Nc3ccccc3)ncc2F)cc1. The molecular formula is C23H24FN5O. The van der Waals surface area contributed by atoms with E-state index in [0.29, 0.717) is 11.3 Å². The molecule has 3 aromatic rings. The van der Waals surface area contributed by atoms with E-state index in [9.17, 15) is 9.18 Å². The maximum Gasteiger partial charge on any atom is 0.251 e. The molecule has 1 saturated carbocycles. The lowest BCUT2D eigenvalue weighted by molar-refractivity contribution is 0.0927. The van der Waals surface area contributed by atoms with E-state index in [1.165, 1.54) is 19.3 Å². The molecule has 3 N–H and O–H groups in total. The van der Waals surface area contributed by atoms with Crippen LogP contribution in [0.1, 0.15) is 42.5 Å². The number of aromatic nitrogens is 2. The number of hydrogen-bond donors (Lipinski definition) is 3. The van der Waals surface area contributed by atoms with Crippen molar-refractivity contribution in [3.63, 3.8) is 0 Å². The first kappa shape index (κ1) is 19.8. The standard InChI is InChI=1S/C23H24FN5O/c24-20-15-25-23(28-18-9-5-2-6-10-18)29-21(20)26-19-13-11-16(12-14-19)22(30)27-17-7-3-1-4-8-17/h2,5-6,9-15,17H,1,3-4,7-8H2,(H,27,30)(H2,25,26,28,29). The van der Waals surface area contributed by atoms with Crippen LogP contribution in [-0.2, 0) is 0 Å². The van der Waals surface area contributed by atoms with Crippen LogP contribution in [0, 0.1) is 5.82 Å². The maximum absolute atomic E-state index is 14.2. The van der Waals surface area contributed by atoms with E-state index in [4.69, 9.17) is 0 Å². The number of halogens is 1. The molecule has 0 bridgehead atoms. The Labute approximate surface area is 175 Å². The quantitative estimate of drug-likeness (QED) is 0.528. The van der Waals surface area contributed by atoms with E-state index in [2.05, 4.69) is 25.9 Å². The number of amides is 1. The van der Waals surface area contributed by atoms with Gasteiger partial charge in [0.2, 0.25) is 5.95 Å². The fraction of sp³-hybridized carbons (Fsp3) is 0.261. The summed E-state index contributed by atoms with van der Waals surface area (Å²) >= 11 is 0. The molecule has 0 aliphatic heterocycles. The van der Waals surface area contributed by atoms with Gasteiger partial charge in [0.05, 0.1) is 6.20 Å². The van der Waals surface area contributed by atoms with E-state index < -0.39 is 5.82 Å². The van der Waals surface area contributed by atoms with Crippen molar-refractivity contribution in [1.29, 1.82) is 0 Å². The summed E-state index contributed by atoms with van der Waals surface area (Å²) in [5.74, 6) is -0.292. The third kappa shape index (κ3) is 5.11. The van der Waals surface area contributed by atoms with E-state index in [-0.39, 0.29) is 23.7 Å². The largest absolute Gasteiger partial charge is 0.349 e. The predicted molar refractivity (Wildman–Crippen MR) is 116 cm³/mol. The van der Waals surface area contributed by atoms with Gasteiger partial charge in [-0.15, -0.1) is 0 Å². The summed E-state index contributed by atoms with van der Waals surface area (Å²) in [4.78, 5) is 20.6. The summed E-state index contributed by atoms with van der Waals surface area (Å²) in [5, 5.41) is 9.08. The Kier molecular flexibility index (Phi) is 6.17. The van der Waals surface area contributed by atoms with E-state index in [0.717, 1.165) is 24.7 Å². The summed E-state index contributed by atoms with van der Waals surface area (Å²) in [6, 6.07) is 16.6. The lowest BCUT2D eigenvalue weighted by atomic mass is 9.95. The van der Waals surface area contributed by atoms with Gasteiger partial charge in [-0.05, 0) is 49.2 Å². The molecule has 1 amide bonds. The molecule has 4 rings (SSSR count). The van der Waals surface area contributed by atoms with Gasteiger partial charge in [0.15, 0.2) is 11.6 Å². The Balaban J connectivity index is 1.41. The Bertz CT molecular complexity index is 988. The fourth-order valence-corrected chi connectivity index (χ4v) is 3.52. The Morgan fingerprint density at radius 3 is 2.33 bits per heavy atom. The molecule has 2 aromatic carbocycles. The molecule has 0 radical (unpaired) electrons. The number of carbonyl (C=O) groups is 1. The third-order valence-corrected chi connectivity index (χ3v) is 5.12. The molecule has 1 aromatic heterocycles. The number of nitrogens with zero attached hydrogens (tertiary/aromatic N) is 2. The first-order valence-electron chi connectivity index (χ1n) is 10.2. The van der Waals surface area contributed by atoms with Crippen molar-refractivity contribution in [3.05, 3.63) is 72.2 Å². The molecule has 0 spiro atoms. The highest BCUT2D eigenvalue weighted by atomic mass is 19.1.